The summed E-state index contributed by atoms with van der Waals surface area (Å²) < 4.78 is 40.7. The van der Waals surface area contributed by atoms with Crippen LogP contribution >= 0.6 is 27.5 Å². The standard InChI is InChI=1S/C15H14N2O3.C14H14N2O.C13H11FN2O.C7H8ClNO2S.C5H5BrN2/c1-10(18)20-14-5-3-2-4-13(14)15(19)17-12-8-6-11(16)7-9-12;1-10-4-2-3-5-13(10)14(17)16-12-8-6-11(15)7-9-12;14-10-3-1-9(2-4-10)13(17)16-12-7-5-11(15)6-8-12;1-12(10,11)7-3-2-5(9)4-6(7)8;6-4-1-5(7)3-8-2-4/h2-9H,16H2,1H3,(H,17,19);2-9H,15H2,1H3,(H,16,17);1-8H,15H2,(H,16,17);2-4H,9H2,1H3;1-3H,7H2. The molecule has 1 aromatic heterocycles. The highest BCUT2D eigenvalue weighted by Crippen LogP contribution is 2.24. The molecule has 0 fully saturated rings. The zero-order valence-electron chi connectivity index (χ0n) is 40.1. The first kappa shape index (κ1) is 57.8. The predicted molar refractivity (Wildman–Crippen MR) is 297 cm³/mol. The summed E-state index contributed by atoms with van der Waals surface area (Å²) in [4.78, 5) is 50.8. The monoisotopic (exact) mass is 1100 g/mol. The minimum absolute atomic E-state index is 0.104. The number of nitrogen functional groups attached to an aromatic ring is 5. The molecule has 0 aliphatic heterocycles. The van der Waals surface area contributed by atoms with E-state index in [9.17, 15) is 32.0 Å². The molecule has 0 aliphatic rings. The van der Waals surface area contributed by atoms with Gasteiger partial charge >= 0.3 is 5.97 Å². The van der Waals surface area contributed by atoms with Crippen molar-refractivity contribution >= 4 is 107 Å². The lowest BCUT2D eigenvalue weighted by Gasteiger charge is -2.09. The molecule has 0 aliphatic carbocycles. The fourth-order valence-electron chi connectivity index (χ4n) is 5.87. The number of nitrogens with two attached hydrogens (primary N) is 5. The van der Waals surface area contributed by atoms with Crippen LogP contribution < -0.4 is 49.4 Å². The van der Waals surface area contributed by atoms with Crippen LogP contribution in [0.4, 0.5) is 49.9 Å². The Kier molecular flexibility index (Phi) is 22.1. The molecule has 13 N–H and O–H groups in total. The zero-order chi connectivity index (χ0) is 54.4. The van der Waals surface area contributed by atoms with Crippen LogP contribution in [0.3, 0.4) is 0 Å². The highest BCUT2D eigenvalue weighted by molar-refractivity contribution is 9.10. The van der Waals surface area contributed by atoms with Crippen molar-refractivity contribution in [3.8, 4) is 5.75 Å². The quantitative estimate of drug-likeness (QED) is 0.0399. The molecule has 382 valence electrons. The second-order valence-corrected chi connectivity index (χ2v) is 18.8. The molecule has 0 saturated carbocycles. The SMILES string of the molecule is CC(=O)Oc1ccccc1C(=O)Nc1ccc(N)cc1.CS(=O)(=O)c1ccc(N)cc1Cl.Cc1ccccc1C(=O)Nc1ccc(N)cc1.Nc1ccc(NC(=O)c2ccc(F)cc2)cc1.Nc1cncc(Br)c1. The van der Waals surface area contributed by atoms with Crippen molar-refractivity contribution in [2.75, 3.05) is 50.9 Å². The number of benzene rings is 7. The largest absolute Gasteiger partial charge is 0.426 e. The molecule has 0 unspecified atom stereocenters. The molecule has 1 heterocycles. The first-order valence-electron chi connectivity index (χ1n) is 21.8. The van der Waals surface area contributed by atoms with Crippen LogP contribution in [0.15, 0.2) is 192 Å². The van der Waals surface area contributed by atoms with Crippen molar-refractivity contribution in [1.82, 2.24) is 4.98 Å². The highest BCUT2D eigenvalue weighted by Gasteiger charge is 2.14. The number of pyridine rings is 1. The van der Waals surface area contributed by atoms with Crippen LogP contribution in [0.5, 0.6) is 5.75 Å². The normalized spacial score (nSPS) is 10.1. The smallest absolute Gasteiger partial charge is 0.308 e. The maximum Gasteiger partial charge on any atom is 0.308 e. The average Bonchev–Trinajstić information content (AvgIpc) is 3.34. The Labute approximate surface area is 441 Å². The van der Waals surface area contributed by atoms with E-state index in [1.54, 1.807) is 116 Å². The van der Waals surface area contributed by atoms with E-state index >= 15 is 0 Å². The number of para-hydroxylation sites is 1. The summed E-state index contributed by atoms with van der Waals surface area (Å²) in [5.74, 6) is -1.35. The van der Waals surface area contributed by atoms with Gasteiger partial charge in [0.15, 0.2) is 9.84 Å². The molecule has 74 heavy (non-hydrogen) atoms. The summed E-state index contributed by atoms with van der Waals surface area (Å²) in [6.07, 6.45) is 4.39. The molecular formula is C54H52BrClFN9O7S. The lowest BCUT2D eigenvalue weighted by molar-refractivity contribution is -0.131. The third-order valence-electron chi connectivity index (χ3n) is 9.47. The molecule has 0 bridgehead atoms. The number of esters is 1. The Morgan fingerprint density at radius 3 is 1.45 bits per heavy atom. The maximum absolute atomic E-state index is 12.7. The van der Waals surface area contributed by atoms with Crippen LogP contribution in [-0.2, 0) is 14.6 Å². The van der Waals surface area contributed by atoms with Crippen molar-refractivity contribution in [3.63, 3.8) is 0 Å². The highest BCUT2D eigenvalue weighted by atomic mass is 79.9. The minimum Gasteiger partial charge on any atom is -0.426 e. The first-order valence-corrected chi connectivity index (χ1v) is 24.8. The van der Waals surface area contributed by atoms with E-state index in [0.717, 1.165) is 22.0 Å². The number of carbonyl (C=O) groups is 4. The van der Waals surface area contributed by atoms with E-state index in [1.807, 2.05) is 31.2 Å². The fraction of sp³-hybridized carbons (Fsp3) is 0.0556. The van der Waals surface area contributed by atoms with Gasteiger partial charge in [-0.2, -0.15) is 0 Å². The second-order valence-electron chi connectivity index (χ2n) is 15.5. The van der Waals surface area contributed by atoms with Crippen LogP contribution in [0.1, 0.15) is 43.6 Å². The lowest BCUT2D eigenvalue weighted by Crippen LogP contribution is -2.14. The summed E-state index contributed by atoms with van der Waals surface area (Å²) in [5, 5.41) is 8.40. The molecule has 7 aromatic carbocycles. The average molecular weight is 1110 g/mol. The van der Waals surface area contributed by atoms with Crippen LogP contribution in [0.2, 0.25) is 5.02 Å². The van der Waals surface area contributed by atoms with Gasteiger partial charge in [0.2, 0.25) is 0 Å². The number of ether oxygens (including phenoxy) is 1. The number of hydrogen-bond donors (Lipinski definition) is 8. The number of rotatable bonds is 8. The molecule has 0 atom stereocenters. The Morgan fingerprint density at radius 1 is 0.568 bits per heavy atom. The van der Waals surface area contributed by atoms with Gasteiger partial charge in [0.05, 0.1) is 21.2 Å². The topological polar surface area (TPSA) is 291 Å². The van der Waals surface area contributed by atoms with Gasteiger partial charge in [-0.3, -0.25) is 24.2 Å². The van der Waals surface area contributed by atoms with Crippen molar-refractivity contribution in [2.24, 2.45) is 0 Å². The summed E-state index contributed by atoms with van der Waals surface area (Å²) in [6.45, 7) is 3.20. The molecule has 0 radical (unpaired) electrons. The number of nitrogens with one attached hydrogen (secondary N) is 3. The Balaban J connectivity index is 0.000000206. The van der Waals surface area contributed by atoms with Gasteiger partial charge in [0.25, 0.3) is 17.7 Å². The molecular weight excluding hydrogens is 1050 g/mol. The lowest BCUT2D eigenvalue weighted by atomic mass is 10.1. The van der Waals surface area contributed by atoms with E-state index in [2.05, 4.69) is 36.9 Å². The second kappa shape index (κ2) is 28.3. The van der Waals surface area contributed by atoms with Crippen LogP contribution in [-0.4, -0.2) is 43.3 Å². The van der Waals surface area contributed by atoms with Crippen molar-refractivity contribution < 1.29 is 36.7 Å². The number of sulfone groups is 1. The first-order chi connectivity index (χ1) is 35.1. The van der Waals surface area contributed by atoms with Crippen molar-refractivity contribution in [3.05, 3.63) is 220 Å². The van der Waals surface area contributed by atoms with E-state index < -0.39 is 15.8 Å². The van der Waals surface area contributed by atoms with Crippen molar-refractivity contribution in [2.45, 2.75) is 18.7 Å². The molecule has 3 amide bonds. The number of anilines is 8. The Bertz CT molecular complexity index is 3270. The molecule has 8 rings (SSSR count). The number of carbonyl (C=O) groups excluding carboxylic acids is 4. The zero-order valence-corrected chi connectivity index (χ0v) is 43.2. The van der Waals surface area contributed by atoms with E-state index in [0.29, 0.717) is 56.5 Å². The Hall–Kier alpha value is -8.78. The molecule has 8 aromatic rings. The van der Waals surface area contributed by atoms with Gasteiger partial charge in [0, 0.05) is 81.0 Å². The van der Waals surface area contributed by atoms with Gasteiger partial charge in [-0.05, 0) is 168 Å². The van der Waals surface area contributed by atoms with Gasteiger partial charge in [-0.1, -0.05) is 41.9 Å². The molecule has 0 saturated heterocycles. The number of amides is 3. The fourth-order valence-corrected chi connectivity index (χ4v) is 7.59. The third-order valence-corrected chi connectivity index (χ3v) is 11.5. The number of aryl methyl sites for hydroxylation is 1. The van der Waals surface area contributed by atoms with E-state index in [4.69, 9.17) is 45.0 Å². The van der Waals surface area contributed by atoms with Crippen molar-refractivity contribution in [1.29, 1.82) is 0 Å². The Morgan fingerprint density at radius 2 is 1.01 bits per heavy atom. The number of halogens is 3. The van der Waals surface area contributed by atoms with Gasteiger partial charge in [-0.25, -0.2) is 12.8 Å². The van der Waals surface area contributed by atoms with Gasteiger partial charge in [0.1, 0.15) is 11.6 Å². The summed E-state index contributed by atoms with van der Waals surface area (Å²) in [6, 6.07) is 46.2. The summed E-state index contributed by atoms with van der Waals surface area (Å²) in [5.41, 5.74) is 34.8. The predicted octanol–water partition coefficient (Wildman–Crippen LogP) is 10.7. The van der Waals surface area contributed by atoms with E-state index in [1.165, 1.54) is 49.4 Å². The molecule has 20 heteroatoms. The summed E-state index contributed by atoms with van der Waals surface area (Å²) in [7, 11) is -3.24. The molecule has 0 spiro atoms. The van der Waals surface area contributed by atoms with Crippen LogP contribution in [0, 0.1) is 12.7 Å². The summed E-state index contributed by atoms with van der Waals surface area (Å²) >= 11 is 8.87. The minimum atomic E-state index is -3.24. The number of hydrogen-bond acceptors (Lipinski definition) is 13. The van der Waals surface area contributed by atoms with Crippen LogP contribution in [0.25, 0.3) is 0 Å². The maximum atomic E-state index is 12.7. The number of aromatic nitrogens is 1. The number of nitrogens with zero attached hydrogens (tertiary/aromatic N) is 1. The van der Waals surface area contributed by atoms with Gasteiger partial charge in [-0.15, -0.1) is 0 Å². The van der Waals surface area contributed by atoms with Gasteiger partial charge < -0.3 is 49.4 Å². The van der Waals surface area contributed by atoms with E-state index in [-0.39, 0.29) is 39.2 Å². The third kappa shape index (κ3) is 20.1. The molecule has 16 nitrogen and oxygen atoms in total.